The van der Waals surface area contributed by atoms with Gasteiger partial charge in [-0.1, -0.05) is 11.6 Å². The van der Waals surface area contributed by atoms with Crippen molar-refractivity contribution in [3.8, 4) is 11.3 Å². The first-order chi connectivity index (χ1) is 13.2. The Morgan fingerprint density at radius 1 is 1.25 bits per heavy atom. The number of nitrogens with zero attached hydrogens (tertiary/aromatic N) is 2. The van der Waals surface area contributed by atoms with E-state index in [2.05, 4.69) is 10.3 Å². The number of anilines is 1. The van der Waals surface area contributed by atoms with E-state index in [1.807, 2.05) is 0 Å². The van der Waals surface area contributed by atoms with Crippen LogP contribution in [-0.4, -0.2) is 37.2 Å². The van der Waals surface area contributed by atoms with Crippen LogP contribution in [0.1, 0.15) is 0 Å². The van der Waals surface area contributed by atoms with Crippen molar-refractivity contribution in [2.24, 2.45) is 0 Å². The molecule has 3 rings (SSSR count). The Bertz CT molecular complexity index is 1130. The van der Waals surface area contributed by atoms with Gasteiger partial charge in [-0.25, -0.2) is 22.2 Å². The average molecular weight is 464 g/mol. The number of hydrogen-bond acceptors (Lipinski definition) is 6. The number of carbonyl (C=O) groups excluding carboxylic acids is 1. The van der Waals surface area contributed by atoms with E-state index in [1.54, 1.807) is 5.38 Å². The van der Waals surface area contributed by atoms with E-state index >= 15 is 0 Å². The summed E-state index contributed by atoms with van der Waals surface area (Å²) < 4.78 is 52.4. The Hall–Kier alpha value is -1.92. The van der Waals surface area contributed by atoms with Crippen LogP contribution in [-0.2, 0) is 14.8 Å². The zero-order chi connectivity index (χ0) is 20.5. The summed E-state index contributed by atoms with van der Waals surface area (Å²) >= 11 is 7.73. The molecule has 28 heavy (non-hydrogen) atoms. The molecule has 0 saturated carbocycles. The van der Waals surface area contributed by atoms with Crippen molar-refractivity contribution < 1.29 is 22.0 Å². The molecule has 0 aliphatic rings. The molecule has 1 aromatic carbocycles. The third kappa shape index (κ3) is 4.55. The number of hydrogen-bond donors (Lipinski definition) is 1. The summed E-state index contributed by atoms with van der Waals surface area (Å²) in [6.07, 6.45) is 0. The molecule has 1 N–H and O–H groups in total. The van der Waals surface area contributed by atoms with Gasteiger partial charge in [0.1, 0.15) is 4.21 Å². The summed E-state index contributed by atoms with van der Waals surface area (Å²) in [7, 11) is -2.56. The Morgan fingerprint density at radius 2 is 2.00 bits per heavy atom. The number of benzene rings is 1. The maximum absolute atomic E-state index is 13.3. The molecule has 0 spiro atoms. The lowest BCUT2D eigenvalue weighted by Crippen LogP contribution is -2.34. The van der Waals surface area contributed by atoms with Crippen LogP contribution in [0.4, 0.5) is 13.9 Å². The van der Waals surface area contributed by atoms with Gasteiger partial charge in [0, 0.05) is 18.0 Å². The molecule has 0 bridgehead atoms. The van der Waals surface area contributed by atoms with Crippen LogP contribution in [0.15, 0.2) is 39.9 Å². The first-order valence-electron chi connectivity index (χ1n) is 7.59. The molecule has 2 heterocycles. The highest BCUT2D eigenvalue weighted by molar-refractivity contribution is 7.91. The van der Waals surface area contributed by atoms with Gasteiger partial charge < -0.3 is 5.32 Å². The molecule has 2 aromatic heterocycles. The smallest absolute Gasteiger partial charge is 0.252 e. The molecule has 0 saturated heterocycles. The minimum Gasteiger partial charge on any atom is -0.301 e. The van der Waals surface area contributed by atoms with Crippen LogP contribution in [0.2, 0.25) is 4.34 Å². The fraction of sp³-hybridized carbons (Fsp3) is 0.125. The number of halogens is 3. The van der Waals surface area contributed by atoms with Gasteiger partial charge in [-0.2, -0.15) is 4.31 Å². The summed E-state index contributed by atoms with van der Waals surface area (Å²) in [6, 6.07) is 6.18. The second-order valence-electron chi connectivity index (χ2n) is 5.53. The summed E-state index contributed by atoms with van der Waals surface area (Å²) in [5.41, 5.74) is 0.707. The number of carbonyl (C=O) groups is 1. The van der Waals surface area contributed by atoms with Crippen LogP contribution in [0, 0.1) is 11.6 Å². The summed E-state index contributed by atoms with van der Waals surface area (Å²) in [5.74, 6) is -2.57. The fourth-order valence-corrected chi connectivity index (χ4v) is 5.71. The number of aromatic nitrogens is 1. The van der Waals surface area contributed by atoms with E-state index < -0.39 is 34.1 Å². The number of thiophene rings is 1. The van der Waals surface area contributed by atoms with Crippen LogP contribution < -0.4 is 5.32 Å². The van der Waals surface area contributed by atoms with E-state index in [4.69, 9.17) is 11.6 Å². The summed E-state index contributed by atoms with van der Waals surface area (Å²) in [4.78, 5) is 16.3. The van der Waals surface area contributed by atoms with Crippen molar-refractivity contribution in [3.63, 3.8) is 0 Å². The molecule has 0 aliphatic carbocycles. The summed E-state index contributed by atoms with van der Waals surface area (Å²) in [6.45, 7) is -0.433. The lowest BCUT2D eigenvalue weighted by atomic mass is 10.2. The standard InChI is InChI=1S/C16H12ClF2N3O3S3/c1-22(28(24,25)15-5-4-13(17)27-15)7-14(23)21-16-20-12(8-26-16)9-2-3-10(18)11(19)6-9/h2-6,8H,7H2,1H3,(H,20,21,23). The third-order valence-corrected chi connectivity index (χ3v) is 7.80. The highest BCUT2D eigenvalue weighted by Crippen LogP contribution is 2.28. The number of sulfonamides is 1. The molecule has 0 aliphatic heterocycles. The van der Waals surface area contributed by atoms with Crippen LogP contribution in [0.5, 0.6) is 0 Å². The van der Waals surface area contributed by atoms with Gasteiger partial charge >= 0.3 is 0 Å². The molecule has 148 valence electrons. The van der Waals surface area contributed by atoms with Crippen molar-refractivity contribution in [3.05, 3.63) is 51.7 Å². The van der Waals surface area contributed by atoms with E-state index in [1.165, 1.54) is 25.2 Å². The van der Waals surface area contributed by atoms with E-state index in [0.29, 0.717) is 15.6 Å². The van der Waals surface area contributed by atoms with Crippen molar-refractivity contribution in [2.45, 2.75) is 4.21 Å². The topological polar surface area (TPSA) is 79.4 Å². The molecule has 0 unspecified atom stereocenters. The van der Waals surface area contributed by atoms with Gasteiger partial charge in [0.15, 0.2) is 16.8 Å². The largest absolute Gasteiger partial charge is 0.301 e. The van der Waals surface area contributed by atoms with Gasteiger partial charge in [0.2, 0.25) is 5.91 Å². The van der Waals surface area contributed by atoms with Crippen molar-refractivity contribution in [1.29, 1.82) is 0 Å². The minimum absolute atomic E-state index is 0.0303. The fourth-order valence-electron chi connectivity index (χ4n) is 2.16. The first kappa shape index (κ1) is 20.8. The molecule has 0 radical (unpaired) electrons. The second kappa shape index (κ2) is 8.21. The Morgan fingerprint density at radius 3 is 2.64 bits per heavy atom. The van der Waals surface area contributed by atoms with Crippen molar-refractivity contribution in [2.75, 3.05) is 18.9 Å². The normalized spacial score (nSPS) is 11.8. The Balaban J connectivity index is 1.67. The number of thiazole rings is 1. The quantitative estimate of drug-likeness (QED) is 0.597. The maximum atomic E-state index is 13.3. The monoisotopic (exact) mass is 463 g/mol. The van der Waals surface area contributed by atoms with Crippen LogP contribution in [0.25, 0.3) is 11.3 Å². The number of nitrogens with one attached hydrogen (secondary N) is 1. The predicted octanol–water partition coefficient (Wildman–Crippen LogP) is 4.06. The molecular weight excluding hydrogens is 452 g/mol. The summed E-state index contributed by atoms with van der Waals surface area (Å²) in [5, 5.41) is 4.26. The molecule has 3 aromatic rings. The Labute approximate surface area is 172 Å². The highest BCUT2D eigenvalue weighted by atomic mass is 35.5. The van der Waals surface area contributed by atoms with Crippen LogP contribution >= 0.6 is 34.3 Å². The lowest BCUT2D eigenvalue weighted by Gasteiger charge is -2.15. The van der Waals surface area contributed by atoms with Crippen LogP contribution in [0.3, 0.4) is 0 Å². The molecule has 6 nitrogen and oxygen atoms in total. The van der Waals surface area contributed by atoms with Gasteiger partial charge in [-0.15, -0.1) is 22.7 Å². The first-order valence-corrected chi connectivity index (χ1v) is 11.1. The van der Waals surface area contributed by atoms with E-state index in [9.17, 15) is 22.0 Å². The lowest BCUT2D eigenvalue weighted by molar-refractivity contribution is -0.116. The second-order valence-corrected chi connectivity index (χ2v) is 10.4. The van der Waals surface area contributed by atoms with Crippen molar-refractivity contribution >= 4 is 55.3 Å². The van der Waals surface area contributed by atoms with Gasteiger partial charge in [0.25, 0.3) is 10.0 Å². The third-order valence-electron chi connectivity index (χ3n) is 3.55. The van der Waals surface area contributed by atoms with Crippen molar-refractivity contribution in [1.82, 2.24) is 9.29 Å². The van der Waals surface area contributed by atoms with E-state index in [-0.39, 0.29) is 9.34 Å². The molecule has 1 amide bonds. The number of likely N-dealkylation sites (N-methyl/N-ethyl adjacent to an activating group) is 1. The predicted molar refractivity (Wildman–Crippen MR) is 105 cm³/mol. The molecule has 0 fully saturated rings. The molecular formula is C16H12ClF2N3O3S3. The van der Waals surface area contributed by atoms with Gasteiger partial charge in [-0.3, -0.25) is 4.79 Å². The average Bonchev–Trinajstić information content (AvgIpc) is 3.26. The van der Waals surface area contributed by atoms with Gasteiger partial charge in [-0.05, 0) is 30.3 Å². The minimum atomic E-state index is -3.84. The number of rotatable bonds is 6. The zero-order valence-electron chi connectivity index (χ0n) is 14.1. The Kier molecular flexibility index (Phi) is 6.10. The van der Waals surface area contributed by atoms with Gasteiger partial charge in [0.05, 0.1) is 16.6 Å². The SMILES string of the molecule is CN(CC(=O)Nc1nc(-c2ccc(F)c(F)c2)cs1)S(=O)(=O)c1ccc(Cl)s1. The highest BCUT2D eigenvalue weighted by Gasteiger charge is 2.25. The zero-order valence-corrected chi connectivity index (χ0v) is 17.4. The molecule has 0 atom stereocenters. The maximum Gasteiger partial charge on any atom is 0.252 e. The van der Waals surface area contributed by atoms with E-state index in [0.717, 1.165) is 39.1 Å². The number of amides is 1. The molecule has 12 heteroatoms.